The quantitative estimate of drug-likeness (QED) is 0.694. The summed E-state index contributed by atoms with van der Waals surface area (Å²) in [6.07, 6.45) is 1.41. The van der Waals surface area contributed by atoms with Gasteiger partial charge in [0.15, 0.2) is 0 Å². The van der Waals surface area contributed by atoms with E-state index in [0.29, 0.717) is 5.69 Å². The number of hydrogen-bond acceptors (Lipinski definition) is 3. The number of fused-ring (bicyclic) bond motifs is 1. The number of rotatable bonds is 1. The van der Waals surface area contributed by atoms with E-state index in [1.807, 2.05) is 12.1 Å². The van der Waals surface area contributed by atoms with Crippen molar-refractivity contribution < 1.29 is 14.4 Å². The Labute approximate surface area is 96.7 Å². The molecule has 2 aliphatic rings. The van der Waals surface area contributed by atoms with Crippen LogP contribution < -0.4 is 10.2 Å². The van der Waals surface area contributed by atoms with E-state index in [1.165, 1.54) is 4.90 Å². The summed E-state index contributed by atoms with van der Waals surface area (Å²) in [5.41, 5.74) is 1.64. The molecule has 0 saturated heterocycles. The van der Waals surface area contributed by atoms with Crippen LogP contribution in [0.15, 0.2) is 36.0 Å². The van der Waals surface area contributed by atoms with Crippen molar-refractivity contribution in [2.24, 2.45) is 0 Å². The van der Waals surface area contributed by atoms with Crippen LogP contribution in [0.5, 0.6) is 0 Å². The number of para-hydroxylation sites is 1. The maximum absolute atomic E-state index is 11.9. The van der Waals surface area contributed by atoms with Crippen molar-refractivity contribution in [2.75, 3.05) is 4.90 Å². The topological polar surface area (TPSA) is 66.5 Å². The van der Waals surface area contributed by atoms with Gasteiger partial charge in [-0.1, -0.05) is 18.2 Å². The molecule has 0 saturated carbocycles. The number of nitrogens with one attached hydrogen (secondary N) is 1. The number of nitrogens with zero attached hydrogens (tertiary/aromatic N) is 1. The Bertz CT molecular complexity index is 589. The number of hydrogen-bond donors (Lipinski definition) is 1. The Hall–Kier alpha value is -2.43. The van der Waals surface area contributed by atoms with Crippen LogP contribution in [-0.4, -0.2) is 17.7 Å². The minimum absolute atomic E-state index is 0.102. The standard InChI is InChI=1S/C12H8N2O3/c15-10-6-9(12(17)13-10)14-8-4-2-1-3-7(8)5-11(14)16/h1-4,6H,5H2,(H,13,15,17). The zero-order valence-corrected chi connectivity index (χ0v) is 8.77. The highest BCUT2D eigenvalue weighted by Crippen LogP contribution is 2.32. The fraction of sp³-hybridized carbons (Fsp3) is 0.0833. The van der Waals surface area contributed by atoms with Crippen molar-refractivity contribution in [1.82, 2.24) is 5.32 Å². The van der Waals surface area contributed by atoms with Crippen LogP contribution in [0.4, 0.5) is 5.69 Å². The molecule has 5 nitrogen and oxygen atoms in total. The molecule has 5 heteroatoms. The van der Waals surface area contributed by atoms with E-state index in [2.05, 4.69) is 5.32 Å². The number of imide groups is 1. The maximum atomic E-state index is 11.9. The number of benzene rings is 1. The highest BCUT2D eigenvalue weighted by Gasteiger charge is 2.35. The smallest absolute Gasteiger partial charge is 0.275 e. The minimum Gasteiger partial charge on any atom is -0.287 e. The second-order valence-corrected chi connectivity index (χ2v) is 3.88. The molecule has 0 bridgehead atoms. The van der Waals surface area contributed by atoms with E-state index < -0.39 is 11.8 Å². The SMILES string of the molecule is O=C1C=C(N2C(=O)Cc3ccccc32)C(=O)N1. The predicted molar refractivity (Wildman–Crippen MR) is 58.9 cm³/mol. The van der Waals surface area contributed by atoms with Gasteiger partial charge in [0, 0.05) is 6.08 Å². The first-order chi connectivity index (χ1) is 8.16. The number of anilines is 1. The Morgan fingerprint density at radius 3 is 2.59 bits per heavy atom. The summed E-state index contributed by atoms with van der Waals surface area (Å²) in [5.74, 6) is -1.20. The first-order valence-electron chi connectivity index (χ1n) is 5.15. The van der Waals surface area contributed by atoms with Gasteiger partial charge < -0.3 is 0 Å². The van der Waals surface area contributed by atoms with Crippen molar-refractivity contribution in [3.8, 4) is 0 Å². The normalized spacial score (nSPS) is 18.2. The summed E-state index contributed by atoms with van der Waals surface area (Å²) in [6.45, 7) is 0. The lowest BCUT2D eigenvalue weighted by atomic mass is 10.2. The van der Waals surface area contributed by atoms with Gasteiger partial charge in [0.25, 0.3) is 11.8 Å². The predicted octanol–water partition coefficient (Wildman–Crippen LogP) is 0.116. The molecule has 1 aromatic rings. The lowest BCUT2D eigenvalue weighted by molar-refractivity contribution is -0.125. The van der Waals surface area contributed by atoms with Gasteiger partial charge in [-0.3, -0.25) is 24.6 Å². The third-order valence-corrected chi connectivity index (χ3v) is 2.80. The van der Waals surface area contributed by atoms with Crippen LogP contribution >= 0.6 is 0 Å². The average Bonchev–Trinajstić information content (AvgIpc) is 2.77. The first kappa shape index (κ1) is 9.77. The second kappa shape index (κ2) is 3.28. The van der Waals surface area contributed by atoms with Crippen LogP contribution in [0.25, 0.3) is 0 Å². The minimum atomic E-state index is -0.528. The summed E-state index contributed by atoms with van der Waals surface area (Å²) in [6, 6.07) is 7.23. The van der Waals surface area contributed by atoms with Gasteiger partial charge in [-0.05, 0) is 11.6 Å². The summed E-state index contributed by atoms with van der Waals surface area (Å²) in [5, 5.41) is 2.13. The van der Waals surface area contributed by atoms with E-state index in [0.717, 1.165) is 11.6 Å². The number of carbonyl (C=O) groups is 3. The van der Waals surface area contributed by atoms with E-state index in [1.54, 1.807) is 12.1 Å². The molecule has 0 radical (unpaired) electrons. The largest absolute Gasteiger partial charge is 0.287 e. The van der Waals surface area contributed by atoms with Gasteiger partial charge in [0.2, 0.25) is 5.91 Å². The Morgan fingerprint density at radius 2 is 1.88 bits per heavy atom. The molecule has 0 unspecified atom stereocenters. The third-order valence-electron chi connectivity index (χ3n) is 2.80. The zero-order chi connectivity index (χ0) is 12.0. The maximum Gasteiger partial charge on any atom is 0.275 e. The molecule has 0 aliphatic carbocycles. The molecule has 3 rings (SSSR count). The van der Waals surface area contributed by atoms with Gasteiger partial charge in [-0.2, -0.15) is 0 Å². The van der Waals surface area contributed by atoms with Crippen molar-refractivity contribution >= 4 is 23.4 Å². The fourth-order valence-corrected chi connectivity index (χ4v) is 2.09. The first-order valence-corrected chi connectivity index (χ1v) is 5.15. The van der Waals surface area contributed by atoms with Gasteiger partial charge in [-0.25, -0.2) is 0 Å². The monoisotopic (exact) mass is 228 g/mol. The van der Waals surface area contributed by atoms with E-state index in [-0.39, 0.29) is 18.0 Å². The Balaban J connectivity index is 2.10. The average molecular weight is 228 g/mol. The van der Waals surface area contributed by atoms with Crippen molar-refractivity contribution in [2.45, 2.75) is 6.42 Å². The molecule has 0 spiro atoms. The van der Waals surface area contributed by atoms with Crippen LogP contribution in [0.3, 0.4) is 0 Å². The van der Waals surface area contributed by atoms with Gasteiger partial charge in [-0.15, -0.1) is 0 Å². The van der Waals surface area contributed by atoms with E-state index in [9.17, 15) is 14.4 Å². The van der Waals surface area contributed by atoms with Crippen molar-refractivity contribution in [3.05, 3.63) is 41.6 Å². The summed E-state index contributed by atoms with van der Waals surface area (Å²) >= 11 is 0. The molecule has 2 aliphatic heterocycles. The molecule has 1 aromatic carbocycles. The lowest BCUT2D eigenvalue weighted by Gasteiger charge is -2.16. The van der Waals surface area contributed by atoms with Crippen LogP contribution in [0, 0.1) is 0 Å². The van der Waals surface area contributed by atoms with E-state index in [4.69, 9.17) is 0 Å². The molecule has 0 fully saturated rings. The van der Waals surface area contributed by atoms with Crippen LogP contribution in [0.2, 0.25) is 0 Å². The molecular weight excluding hydrogens is 220 g/mol. The fourth-order valence-electron chi connectivity index (χ4n) is 2.09. The molecule has 84 valence electrons. The molecule has 0 atom stereocenters. The number of amides is 3. The van der Waals surface area contributed by atoms with E-state index >= 15 is 0 Å². The highest BCUT2D eigenvalue weighted by molar-refractivity contribution is 6.22. The summed E-state index contributed by atoms with van der Waals surface area (Å²) in [7, 11) is 0. The number of carbonyl (C=O) groups excluding carboxylic acids is 3. The molecule has 2 heterocycles. The van der Waals surface area contributed by atoms with Gasteiger partial charge in [0.1, 0.15) is 5.70 Å². The summed E-state index contributed by atoms with van der Waals surface area (Å²) < 4.78 is 0. The van der Waals surface area contributed by atoms with Crippen molar-refractivity contribution in [1.29, 1.82) is 0 Å². The lowest BCUT2D eigenvalue weighted by Crippen LogP contribution is -2.32. The van der Waals surface area contributed by atoms with Gasteiger partial charge in [0.05, 0.1) is 12.1 Å². The zero-order valence-electron chi connectivity index (χ0n) is 8.77. The van der Waals surface area contributed by atoms with Crippen molar-refractivity contribution in [3.63, 3.8) is 0 Å². The molecule has 17 heavy (non-hydrogen) atoms. The van der Waals surface area contributed by atoms with Crippen LogP contribution in [-0.2, 0) is 20.8 Å². The molecule has 1 N–H and O–H groups in total. The van der Waals surface area contributed by atoms with Gasteiger partial charge >= 0.3 is 0 Å². The molecular formula is C12H8N2O3. The second-order valence-electron chi connectivity index (χ2n) is 3.88. The van der Waals surface area contributed by atoms with Crippen LogP contribution in [0.1, 0.15) is 5.56 Å². The Morgan fingerprint density at radius 1 is 1.12 bits per heavy atom. The molecule has 0 aromatic heterocycles. The highest BCUT2D eigenvalue weighted by atomic mass is 16.2. The summed E-state index contributed by atoms with van der Waals surface area (Å²) in [4.78, 5) is 35.8. The molecule has 3 amide bonds. The Kier molecular flexibility index (Phi) is 1.89. The third kappa shape index (κ3) is 1.36.